The summed E-state index contributed by atoms with van der Waals surface area (Å²) < 4.78 is 5.68. The van der Waals surface area contributed by atoms with E-state index >= 15 is 0 Å². The van der Waals surface area contributed by atoms with Gasteiger partial charge in [0.1, 0.15) is 11.9 Å². The number of ether oxygens (including phenoxy) is 1. The molecule has 0 saturated carbocycles. The lowest BCUT2D eigenvalue weighted by Gasteiger charge is -2.13. The normalized spacial score (nSPS) is 21.8. The van der Waals surface area contributed by atoms with Crippen molar-refractivity contribution in [2.45, 2.75) is 31.9 Å². The molecule has 0 radical (unpaired) electrons. The Morgan fingerprint density at radius 3 is 2.70 bits per heavy atom. The van der Waals surface area contributed by atoms with Gasteiger partial charge in [-0.1, -0.05) is 19.1 Å². The maximum absolute atomic E-state index is 12.1. The molecule has 6 heteroatoms. The first-order chi connectivity index (χ1) is 9.45. The Morgan fingerprint density at radius 1 is 1.40 bits per heavy atom. The Morgan fingerprint density at radius 2 is 2.10 bits per heavy atom. The lowest BCUT2D eigenvalue weighted by Crippen LogP contribution is -2.43. The maximum Gasteiger partial charge on any atom is 0.328 e. The lowest BCUT2D eigenvalue weighted by atomic mass is 9.97. The number of hydrogen-bond acceptors (Lipinski definition) is 4. The van der Waals surface area contributed by atoms with Crippen LogP contribution in [0.3, 0.4) is 0 Å². The number of rotatable bonds is 4. The molecule has 0 bridgehead atoms. The Labute approximate surface area is 116 Å². The van der Waals surface area contributed by atoms with Crippen molar-refractivity contribution in [3.8, 4) is 5.75 Å². The number of benzene rings is 1. The molecule has 1 aliphatic rings. The molecule has 1 aromatic rings. The minimum atomic E-state index is -1.32. The summed E-state index contributed by atoms with van der Waals surface area (Å²) >= 11 is 0. The van der Waals surface area contributed by atoms with E-state index in [2.05, 4.69) is 5.32 Å². The van der Waals surface area contributed by atoms with Crippen molar-refractivity contribution >= 4 is 11.9 Å². The van der Waals surface area contributed by atoms with Crippen LogP contribution in [0, 0.1) is 0 Å². The molecule has 20 heavy (non-hydrogen) atoms. The van der Waals surface area contributed by atoms with E-state index in [1.807, 2.05) is 19.9 Å². The number of para-hydroxylation sites is 1. The van der Waals surface area contributed by atoms with Gasteiger partial charge in [0.05, 0.1) is 12.2 Å². The number of carboxylic acid groups (broad SMARTS) is 1. The van der Waals surface area contributed by atoms with Crippen molar-refractivity contribution in [3.63, 3.8) is 0 Å². The van der Waals surface area contributed by atoms with Crippen LogP contribution in [-0.4, -0.2) is 40.8 Å². The molecule has 3 N–H and O–H groups in total. The number of hydrogen-bond donors (Lipinski definition) is 3. The van der Waals surface area contributed by atoms with E-state index in [0.29, 0.717) is 11.3 Å². The lowest BCUT2D eigenvalue weighted by molar-refractivity contribution is -0.140. The molecule has 0 aromatic heterocycles. The Balaban J connectivity index is 2.27. The van der Waals surface area contributed by atoms with Crippen LogP contribution in [0.5, 0.6) is 5.75 Å². The third kappa shape index (κ3) is 2.46. The van der Waals surface area contributed by atoms with E-state index in [9.17, 15) is 9.59 Å². The average molecular weight is 279 g/mol. The second-order valence-electron chi connectivity index (χ2n) is 4.88. The second-order valence-corrected chi connectivity index (χ2v) is 4.88. The van der Waals surface area contributed by atoms with Crippen LogP contribution < -0.4 is 10.1 Å². The Bertz CT molecular complexity index is 542. The van der Waals surface area contributed by atoms with E-state index in [-0.39, 0.29) is 12.0 Å². The molecule has 3 atom stereocenters. The smallest absolute Gasteiger partial charge is 0.328 e. The predicted molar refractivity (Wildman–Crippen MR) is 70.9 cm³/mol. The standard InChI is InChI=1S/C14H17NO5/c1-7-8(2)20-12-9(7)4-3-5-10(12)13(17)15-11(6-16)14(18)19/h3-5,7-8,11,16H,6H2,1-2H3,(H,15,17)(H,18,19). The number of amides is 1. The van der Waals surface area contributed by atoms with Crippen LogP contribution in [0.2, 0.25) is 0 Å². The molecule has 1 amide bonds. The van der Waals surface area contributed by atoms with Gasteiger partial charge in [0.2, 0.25) is 0 Å². The molecule has 3 unspecified atom stereocenters. The topological polar surface area (TPSA) is 95.9 Å². The third-order valence-corrected chi connectivity index (χ3v) is 3.57. The number of aliphatic hydroxyl groups is 1. The number of nitrogens with one attached hydrogen (secondary N) is 1. The van der Waals surface area contributed by atoms with Gasteiger partial charge in [-0.2, -0.15) is 0 Å². The van der Waals surface area contributed by atoms with Crippen molar-refractivity contribution in [1.82, 2.24) is 5.32 Å². The molecular weight excluding hydrogens is 262 g/mol. The molecule has 0 aliphatic carbocycles. The number of fused-ring (bicyclic) bond motifs is 1. The number of carbonyl (C=O) groups is 2. The van der Waals surface area contributed by atoms with E-state index in [1.54, 1.807) is 12.1 Å². The largest absolute Gasteiger partial charge is 0.489 e. The van der Waals surface area contributed by atoms with Crippen molar-refractivity contribution < 1.29 is 24.5 Å². The highest BCUT2D eigenvalue weighted by Gasteiger charge is 2.32. The highest BCUT2D eigenvalue weighted by atomic mass is 16.5. The van der Waals surface area contributed by atoms with Crippen LogP contribution in [0.25, 0.3) is 0 Å². The first kappa shape index (κ1) is 14.3. The quantitative estimate of drug-likeness (QED) is 0.755. The van der Waals surface area contributed by atoms with Crippen LogP contribution in [-0.2, 0) is 4.79 Å². The van der Waals surface area contributed by atoms with Gasteiger partial charge in [-0.05, 0) is 13.0 Å². The highest BCUT2D eigenvalue weighted by Crippen LogP contribution is 2.40. The van der Waals surface area contributed by atoms with Gasteiger partial charge in [-0.25, -0.2) is 4.79 Å². The number of aliphatic carboxylic acids is 1. The van der Waals surface area contributed by atoms with Gasteiger partial charge in [-0.15, -0.1) is 0 Å². The zero-order valence-corrected chi connectivity index (χ0v) is 11.3. The summed E-state index contributed by atoms with van der Waals surface area (Å²) in [5.74, 6) is -1.18. The van der Waals surface area contributed by atoms with E-state index < -0.39 is 24.5 Å². The molecule has 6 nitrogen and oxygen atoms in total. The van der Waals surface area contributed by atoms with Gasteiger partial charge >= 0.3 is 5.97 Å². The molecule has 0 fully saturated rings. The Kier molecular flexibility index (Phi) is 3.94. The van der Waals surface area contributed by atoms with Gasteiger partial charge < -0.3 is 20.3 Å². The SMILES string of the molecule is CC1Oc2c(C(=O)NC(CO)C(=O)O)cccc2C1C. The third-order valence-electron chi connectivity index (χ3n) is 3.57. The summed E-state index contributed by atoms with van der Waals surface area (Å²) in [5.41, 5.74) is 1.22. The van der Waals surface area contributed by atoms with Crippen molar-refractivity contribution in [1.29, 1.82) is 0 Å². The monoisotopic (exact) mass is 279 g/mol. The molecule has 108 valence electrons. The van der Waals surface area contributed by atoms with Gasteiger partial charge in [0.15, 0.2) is 6.04 Å². The van der Waals surface area contributed by atoms with Crippen LogP contribution in [0.15, 0.2) is 18.2 Å². The maximum atomic E-state index is 12.1. The summed E-state index contributed by atoms with van der Waals surface area (Å²) in [6.45, 7) is 3.26. The van der Waals surface area contributed by atoms with Crippen molar-refractivity contribution in [2.24, 2.45) is 0 Å². The highest BCUT2D eigenvalue weighted by molar-refractivity contribution is 5.99. The van der Waals surface area contributed by atoms with E-state index in [4.69, 9.17) is 14.9 Å². The number of carbonyl (C=O) groups excluding carboxylic acids is 1. The first-order valence-corrected chi connectivity index (χ1v) is 6.39. The van der Waals surface area contributed by atoms with Crippen molar-refractivity contribution in [3.05, 3.63) is 29.3 Å². The summed E-state index contributed by atoms with van der Waals surface area (Å²) in [5, 5.41) is 20.1. The molecule has 2 rings (SSSR count). The average Bonchev–Trinajstić information content (AvgIpc) is 2.71. The van der Waals surface area contributed by atoms with Crippen molar-refractivity contribution in [2.75, 3.05) is 6.61 Å². The van der Waals surface area contributed by atoms with Gasteiger partial charge in [0, 0.05) is 11.5 Å². The number of aliphatic hydroxyl groups excluding tert-OH is 1. The van der Waals surface area contributed by atoms with Crippen LogP contribution in [0.1, 0.15) is 35.7 Å². The summed E-state index contributed by atoms with van der Waals surface area (Å²) in [7, 11) is 0. The molecular formula is C14H17NO5. The summed E-state index contributed by atoms with van der Waals surface area (Å²) in [6, 6.07) is 3.88. The van der Waals surface area contributed by atoms with Crippen LogP contribution in [0.4, 0.5) is 0 Å². The van der Waals surface area contributed by atoms with Crippen LogP contribution >= 0.6 is 0 Å². The zero-order valence-electron chi connectivity index (χ0n) is 11.3. The molecule has 0 saturated heterocycles. The Hall–Kier alpha value is -2.08. The van der Waals surface area contributed by atoms with Gasteiger partial charge in [0.25, 0.3) is 5.91 Å². The molecule has 0 spiro atoms. The van der Waals surface area contributed by atoms with Gasteiger partial charge in [-0.3, -0.25) is 4.79 Å². The fourth-order valence-electron chi connectivity index (χ4n) is 2.19. The molecule has 1 aromatic carbocycles. The minimum absolute atomic E-state index is 0.0351. The number of carboxylic acids is 1. The molecule has 1 heterocycles. The second kappa shape index (κ2) is 5.50. The summed E-state index contributed by atoms with van der Waals surface area (Å²) in [6.07, 6.45) is -0.0351. The molecule has 1 aliphatic heterocycles. The van der Waals surface area contributed by atoms with E-state index in [0.717, 1.165) is 5.56 Å². The van der Waals surface area contributed by atoms with E-state index in [1.165, 1.54) is 0 Å². The summed E-state index contributed by atoms with van der Waals surface area (Å²) in [4.78, 5) is 23.0. The fourth-order valence-corrected chi connectivity index (χ4v) is 2.19. The predicted octanol–water partition coefficient (Wildman–Crippen LogP) is 0.746. The minimum Gasteiger partial charge on any atom is -0.489 e. The fraction of sp³-hybridized carbons (Fsp3) is 0.429. The first-order valence-electron chi connectivity index (χ1n) is 6.39. The zero-order chi connectivity index (χ0) is 14.9.